The second kappa shape index (κ2) is 6.56. The number of aromatic nitrogens is 2. The summed E-state index contributed by atoms with van der Waals surface area (Å²) in [4.78, 5) is 5.08. The third-order valence-electron chi connectivity index (χ3n) is 4.46. The van der Waals surface area contributed by atoms with E-state index in [4.69, 9.17) is 10.5 Å². The first-order chi connectivity index (χ1) is 9.81. The summed E-state index contributed by atoms with van der Waals surface area (Å²) in [5.74, 6) is 1.25. The quantitative estimate of drug-likeness (QED) is 0.840. The van der Waals surface area contributed by atoms with Crippen molar-refractivity contribution in [3.8, 4) is 0 Å². The number of nitrogens with two attached hydrogens (primary N) is 1. The van der Waals surface area contributed by atoms with Gasteiger partial charge in [0.15, 0.2) is 0 Å². The number of anilines is 1. The molecule has 0 unspecified atom stereocenters. The zero-order valence-electron chi connectivity index (χ0n) is 12.1. The molecular formula is C14H25N5O. The number of nitrogens with one attached hydrogen (secondary N) is 1. The predicted molar refractivity (Wildman–Crippen MR) is 78.7 cm³/mol. The van der Waals surface area contributed by atoms with Gasteiger partial charge in [-0.2, -0.15) is 5.10 Å². The van der Waals surface area contributed by atoms with E-state index in [0.29, 0.717) is 11.7 Å². The summed E-state index contributed by atoms with van der Waals surface area (Å²) < 4.78 is 5.38. The molecule has 2 fully saturated rings. The Bertz CT molecular complexity index is 407. The average molecular weight is 279 g/mol. The van der Waals surface area contributed by atoms with E-state index < -0.39 is 0 Å². The summed E-state index contributed by atoms with van der Waals surface area (Å²) in [6.07, 6.45) is 2.38. The Morgan fingerprint density at radius 3 is 2.40 bits per heavy atom. The summed E-state index contributed by atoms with van der Waals surface area (Å²) in [5, 5.41) is 7.13. The maximum absolute atomic E-state index is 5.70. The number of nitrogen functional groups attached to an aromatic ring is 1. The van der Waals surface area contributed by atoms with Crippen LogP contribution in [0.4, 0.5) is 5.82 Å². The van der Waals surface area contributed by atoms with Gasteiger partial charge in [0.05, 0.1) is 18.9 Å². The third-order valence-corrected chi connectivity index (χ3v) is 4.46. The van der Waals surface area contributed by atoms with Crippen molar-refractivity contribution >= 4 is 5.82 Å². The van der Waals surface area contributed by atoms with Crippen LogP contribution in [0.2, 0.25) is 0 Å². The molecule has 6 heteroatoms. The lowest BCUT2D eigenvalue weighted by Gasteiger charge is -2.34. The van der Waals surface area contributed by atoms with E-state index in [1.165, 1.54) is 39.0 Å². The Balaban J connectivity index is 1.39. The summed E-state index contributed by atoms with van der Waals surface area (Å²) >= 11 is 0. The van der Waals surface area contributed by atoms with Gasteiger partial charge in [-0.3, -0.25) is 10.00 Å². The standard InChI is InChI=1S/C14H25N5O/c15-14-11-13(16-17-14)12-1-3-18(4-2-12)5-6-19-7-9-20-10-8-19/h11-12H,1-10H2,(H3,15,16,17). The molecule has 0 aromatic carbocycles. The van der Waals surface area contributed by atoms with Crippen LogP contribution in [0.3, 0.4) is 0 Å². The van der Waals surface area contributed by atoms with Crippen molar-refractivity contribution in [1.82, 2.24) is 20.0 Å². The summed E-state index contributed by atoms with van der Waals surface area (Å²) in [6.45, 7) is 8.64. The van der Waals surface area contributed by atoms with Gasteiger partial charge in [0.2, 0.25) is 0 Å². The van der Waals surface area contributed by atoms with Crippen molar-refractivity contribution in [1.29, 1.82) is 0 Å². The van der Waals surface area contributed by atoms with Crippen LogP contribution in [0.1, 0.15) is 24.5 Å². The molecule has 3 N–H and O–H groups in total. The molecule has 0 radical (unpaired) electrons. The first-order valence-electron chi connectivity index (χ1n) is 7.64. The molecule has 20 heavy (non-hydrogen) atoms. The second-order valence-electron chi connectivity index (χ2n) is 5.82. The average Bonchev–Trinajstić information content (AvgIpc) is 2.93. The fourth-order valence-corrected chi connectivity index (χ4v) is 3.12. The molecule has 3 rings (SSSR count). The predicted octanol–water partition coefficient (Wildman–Crippen LogP) is 0.504. The number of ether oxygens (including phenoxy) is 1. The zero-order chi connectivity index (χ0) is 13.8. The molecule has 1 aromatic rings. The smallest absolute Gasteiger partial charge is 0.119 e. The third kappa shape index (κ3) is 3.50. The minimum absolute atomic E-state index is 0.572. The van der Waals surface area contributed by atoms with Crippen LogP contribution in [0, 0.1) is 0 Å². The van der Waals surface area contributed by atoms with Crippen LogP contribution < -0.4 is 5.73 Å². The maximum atomic E-state index is 5.70. The number of piperidine rings is 1. The number of hydrogen-bond donors (Lipinski definition) is 2. The van der Waals surface area contributed by atoms with Gasteiger partial charge in [0.1, 0.15) is 5.82 Å². The van der Waals surface area contributed by atoms with Gasteiger partial charge in [-0.05, 0) is 25.9 Å². The molecule has 0 spiro atoms. The number of rotatable bonds is 4. The van der Waals surface area contributed by atoms with Crippen molar-refractivity contribution in [2.45, 2.75) is 18.8 Å². The van der Waals surface area contributed by atoms with E-state index in [1.54, 1.807) is 0 Å². The Labute approximate surface area is 120 Å². The number of nitrogens with zero attached hydrogens (tertiary/aromatic N) is 3. The maximum Gasteiger partial charge on any atom is 0.119 e. The summed E-state index contributed by atoms with van der Waals surface area (Å²) in [5.41, 5.74) is 6.83. The molecule has 2 aliphatic heterocycles. The lowest BCUT2D eigenvalue weighted by molar-refractivity contribution is 0.0320. The lowest BCUT2D eigenvalue weighted by Crippen LogP contribution is -2.43. The number of aromatic amines is 1. The molecule has 0 amide bonds. The van der Waals surface area contributed by atoms with E-state index >= 15 is 0 Å². The van der Waals surface area contributed by atoms with E-state index in [2.05, 4.69) is 20.0 Å². The van der Waals surface area contributed by atoms with Crippen LogP contribution in [-0.4, -0.2) is 72.5 Å². The van der Waals surface area contributed by atoms with Gasteiger partial charge in [-0.25, -0.2) is 0 Å². The van der Waals surface area contributed by atoms with Crippen LogP contribution in [0.15, 0.2) is 6.07 Å². The molecule has 0 atom stereocenters. The van der Waals surface area contributed by atoms with Gasteiger partial charge in [0, 0.05) is 38.2 Å². The molecule has 3 heterocycles. The lowest BCUT2D eigenvalue weighted by atomic mass is 9.93. The van der Waals surface area contributed by atoms with Gasteiger partial charge in [-0.15, -0.1) is 0 Å². The van der Waals surface area contributed by atoms with Crippen molar-refractivity contribution in [2.75, 3.05) is 58.2 Å². The Morgan fingerprint density at radius 1 is 1.15 bits per heavy atom. The minimum atomic E-state index is 0.572. The Morgan fingerprint density at radius 2 is 1.80 bits per heavy atom. The highest BCUT2D eigenvalue weighted by Gasteiger charge is 2.22. The van der Waals surface area contributed by atoms with Crippen LogP contribution >= 0.6 is 0 Å². The van der Waals surface area contributed by atoms with Gasteiger partial charge < -0.3 is 15.4 Å². The highest BCUT2D eigenvalue weighted by Crippen LogP contribution is 2.27. The molecule has 2 aliphatic rings. The SMILES string of the molecule is Nc1cc(C2CCN(CCN3CCOCC3)CC2)n[nH]1. The highest BCUT2D eigenvalue weighted by molar-refractivity contribution is 5.30. The second-order valence-corrected chi connectivity index (χ2v) is 5.82. The molecule has 1 aromatic heterocycles. The molecule has 112 valence electrons. The molecule has 0 aliphatic carbocycles. The van der Waals surface area contributed by atoms with Gasteiger partial charge >= 0.3 is 0 Å². The van der Waals surface area contributed by atoms with E-state index in [0.717, 1.165) is 32.0 Å². The molecule has 0 saturated carbocycles. The summed E-state index contributed by atoms with van der Waals surface area (Å²) in [6, 6.07) is 1.98. The van der Waals surface area contributed by atoms with E-state index in [9.17, 15) is 0 Å². The van der Waals surface area contributed by atoms with E-state index in [1.807, 2.05) is 6.07 Å². The molecule has 6 nitrogen and oxygen atoms in total. The minimum Gasteiger partial charge on any atom is -0.384 e. The number of hydrogen-bond acceptors (Lipinski definition) is 5. The van der Waals surface area contributed by atoms with Crippen molar-refractivity contribution in [3.05, 3.63) is 11.8 Å². The number of H-pyrrole nitrogens is 1. The number of morpholine rings is 1. The molecule has 2 saturated heterocycles. The normalized spacial score (nSPS) is 23.2. The molecular weight excluding hydrogens is 254 g/mol. The topological polar surface area (TPSA) is 70.4 Å². The van der Waals surface area contributed by atoms with Crippen molar-refractivity contribution in [3.63, 3.8) is 0 Å². The largest absolute Gasteiger partial charge is 0.384 e. The highest BCUT2D eigenvalue weighted by atomic mass is 16.5. The first kappa shape index (κ1) is 13.9. The first-order valence-corrected chi connectivity index (χ1v) is 7.64. The van der Waals surface area contributed by atoms with Crippen molar-refractivity contribution in [2.24, 2.45) is 0 Å². The Kier molecular flexibility index (Phi) is 4.54. The van der Waals surface area contributed by atoms with Crippen LogP contribution in [0.5, 0.6) is 0 Å². The van der Waals surface area contributed by atoms with Gasteiger partial charge in [0.25, 0.3) is 0 Å². The van der Waals surface area contributed by atoms with E-state index in [-0.39, 0.29) is 0 Å². The van der Waals surface area contributed by atoms with Gasteiger partial charge in [-0.1, -0.05) is 0 Å². The van der Waals surface area contributed by atoms with Crippen molar-refractivity contribution < 1.29 is 4.74 Å². The Hall–Kier alpha value is -1.11. The fourth-order valence-electron chi connectivity index (χ4n) is 3.12. The fraction of sp³-hybridized carbons (Fsp3) is 0.786. The molecule has 0 bridgehead atoms. The zero-order valence-corrected chi connectivity index (χ0v) is 12.1. The number of likely N-dealkylation sites (tertiary alicyclic amines) is 1. The monoisotopic (exact) mass is 279 g/mol. The van der Waals surface area contributed by atoms with Crippen LogP contribution in [0.25, 0.3) is 0 Å². The summed E-state index contributed by atoms with van der Waals surface area (Å²) in [7, 11) is 0. The van der Waals surface area contributed by atoms with Crippen LogP contribution in [-0.2, 0) is 4.74 Å².